The zero-order chi connectivity index (χ0) is 55.0. The predicted molar refractivity (Wildman–Crippen MR) is 301 cm³/mol. The van der Waals surface area contributed by atoms with Gasteiger partial charge in [0.25, 0.3) is 0 Å². The Morgan fingerprint density at radius 3 is 1.48 bits per heavy atom. The average Bonchev–Trinajstić information content (AvgIpc) is 4.23. The Labute approximate surface area is 469 Å². The molecular formula is C55H70Cl4N12O6. The summed E-state index contributed by atoms with van der Waals surface area (Å²) in [5, 5.41) is 41.2. The number of halogens is 4. The monoisotopic (exact) mass is 1130 g/mol. The van der Waals surface area contributed by atoms with Gasteiger partial charge < -0.3 is 29.9 Å². The number of ether oxygens (including phenoxy) is 1. The fourth-order valence-corrected chi connectivity index (χ4v) is 13.6. The van der Waals surface area contributed by atoms with Gasteiger partial charge in [0.2, 0.25) is 0 Å². The fraction of sp³-hybridized carbons (Fsp3) is 0.564. The lowest BCUT2D eigenvalue weighted by molar-refractivity contribution is -0.151. The SMILES string of the molecule is COC(=O)C(O)C[C@@H]1CCCN1C1CCN(c2cnc3c(C)nn([C@H](C)c4ccc(Cl)cc4Cl)c3n2)CC1C.Cc1nn([C@H](C)c2ccc(Cl)cc2Cl)c2nc(N3CCC(N4CCC[C@H]4CC(O)C(=O)O)C(C)C3)cnc12. The predicted octanol–water partition coefficient (Wildman–Crippen LogP) is 9.22. The van der Waals surface area contributed by atoms with Crippen LogP contribution >= 0.6 is 46.4 Å². The molecule has 8 heterocycles. The number of rotatable bonds is 14. The lowest BCUT2D eigenvalue weighted by atomic mass is 9.91. The summed E-state index contributed by atoms with van der Waals surface area (Å²) in [5.74, 6) is 0.685. The molecule has 0 aliphatic carbocycles. The van der Waals surface area contributed by atoms with Crippen LogP contribution < -0.4 is 9.80 Å². The van der Waals surface area contributed by atoms with E-state index < -0.39 is 24.1 Å². The van der Waals surface area contributed by atoms with E-state index in [0.717, 1.165) is 134 Å². The molecule has 77 heavy (non-hydrogen) atoms. The van der Waals surface area contributed by atoms with Gasteiger partial charge in [0, 0.05) is 70.4 Å². The van der Waals surface area contributed by atoms with E-state index in [1.54, 1.807) is 12.1 Å². The Morgan fingerprint density at radius 1 is 0.662 bits per heavy atom. The van der Waals surface area contributed by atoms with Crippen LogP contribution in [0.5, 0.6) is 0 Å². The van der Waals surface area contributed by atoms with Crippen LogP contribution in [0, 0.1) is 25.7 Å². The van der Waals surface area contributed by atoms with Gasteiger partial charge in [-0.3, -0.25) is 9.80 Å². The Balaban J connectivity index is 0.000000188. The molecule has 4 aliphatic heterocycles. The molecule has 4 aromatic heterocycles. The molecule has 4 saturated heterocycles. The summed E-state index contributed by atoms with van der Waals surface area (Å²) in [4.78, 5) is 52.1. The van der Waals surface area contributed by atoms with Crippen LogP contribution in [0.2, 0.25) is 20.1 Å². The number of methoxy groups -OCH3 is 1. The van der Waals surface area contributed by atoms with Gasteiger partial charge in [-0.15, -0.1) is 0 Å². The number of aliphatic hydroxyl groups excluding tert-OH is 2. The average molecular weight is 1140 g/mol. The van der Waals surface area contributed by atoms with Crippen molar-refractivity contribution in [2.24, 2.45) is 11.8 Å². The first-order chi connectivity index (χ1) is 36.8. The molecule has 0 radical (unpaired) electrons. The molecule has 3 N–H and O–H groups in total. The number of fused-ring (bicyclic) bond motifs is 2. The lowest BCUT2D eigenvalue weighted by Gasteiger charge is -2.44. The number of piperidine rings is 2. The zero-order valence-electron chi connectivity index (χ0n) is 44.7. The van der Waals surface area contributed by atoms with Gasteiger partial charge in [-0.1, -0.05) is 72.4 Å². The second-order valence-corrected chi connectivity index (χ2v) is 23.2. The van der Waals surface area contributed by atoms with Gasteiger partial charge in [-0.05, 0) is 139 Å². The molecule has 0 spiro atoms. The van der Waals surface area contributed by atoms with Crippen LogP contribution in [0.15, 0.2) is 48.8 Å². The maximum atomic E-state index is 11.8. The Kier molecular flexibility index (Phi) is 17.9. The van der Waals surface area contributed by atoms with Gasteiger partial charge in [0.05, 0.1) is 43.0 Å². The number of aromatic nitrogens is 8. The zero-order valence-corrected chi connectivity index (χ0v) is 47.8. The normalized spacial score (nSPS) is 24.0. The topological polar surface area (TPSA) is 204 Å². The molecule has 18 nitrogen and oxygen atoms in total. The first-order valence-electron chi connectivity index (χ1n) is 26.8. The molecule has 0 amide bonds. The first-order valence-corrected chi connectivity index (χ1v) is 28.3. The van der Waals surface area contributed by atoms with Crippen LogP contribution in [0.3, 0.4) is 0 Å². The molecule has 22 heteroatoms. The van der Waals surface area contributed by atoms with E-state index in [4.69, 9.17) is 86.4 Å². The Bertz CT molecular complexity index is 3090. The van der Waals surface area contributed by atoms with Crippen LogP contribution in [0.1, 0.15) is 114 Å². The summed E-state index contributed by atoms with van der Waals surface area (Å²) in [7, 11) is 1.32. The second kappa shape index (κ2) is 24.2. The number of carboxylic acid groups (broad SMARTS) is 1. The second-order valence-electron chi connectivity index (χ2n) is 21.5. The molecule has 4 aliphatic rings. The van der Waals surface area contributed by atoms with Crippen LogP contribution in [0.4, 0.5) is 11.6 Å². The standard InChI is InChI=1S/C28H36Cl2N6O3.C27H34Cl2N6O3/c1-16-15-34(11-9-23(16)35-10-5-6-20(35)13-24(37)28(38)39-4)25-14-31-26-17(2)33-36(27(26)32-25)18(3)21-8-7-19(29)12-22(21)30;1-15-14-33(10-8-22(15)34-9-4-5-19(34)12-23(36)27(37)38)24-13-30-25-16(2)32-35(26(25)31-24)17(3)20-7-6-18(28)11-21(20)29/h7-8,12,14,16,18,20,23-24,37H,5-6,9-11,13,15H2,1-4H3;6-7,11,13,15,17,19,22-23,36H,4-5,8-10,12,14H2,1-3H3,(H,37,38)/t16?,18-,20+,23?,24?;15?,17-,19+,22?,23?/m11/s1. The summed E-state index contributed by atoms with van der Waals surface area (Å²) in [6.45, 7) is 17.8. The van der Waals surface area contributed by atoms with Crippen molar-refractivity contribution in [1.82, 2.24) is 49.3 Å². The van der Waals surface area contributed by atoms with E-state index in [9.17, 15) is 19.8 Å². The van der Waals surface area contributed by atoms with Crippen molar-refractivity contribution >= 4 is 92.3 Å². The number of nitrogens with zero attached hydrogens (tertiary/aromatic N) is 12. The number of hydrogen-bond donors (Lipinski definition) is 3. The number of carbonyl (C=O) groups is 2. The summed E-state index contributed by atoms with van der Waals surface area (Å²) >= 11 is 25.2. The van der Waals surface area contributed by atoms with Gasteiger partial charge in [0.15, 0.2) is 23.5 Å². The number of aryl methyl sites for hydroxylation is 2. The van der Waals surface area contributed by atoms with Gasteiger partial charge >= 0.3 is 11.9 Å². The highest BCUT2D eigenvalue weighted by molar-refractivity contribution is 6.35. The highest BCUT2D eigenvalue weighted by atomic mass is 35.5. The van der Waals surface area contributed by atoms with Crippen molar-refractivity contribution in [2.45, 2.75) is 141 Å². The number of anilines is 2. The van der Waals surface area contributed by atoms with E-state index in [-0.39, 0.29) is 30.6 Å². The van der Waals surface area contributed by atoms with E-state index in [1.165, 1.54) is 7.11 Å². The molecule has 4 fully saturated rings. The smallest absolute Gasteiger partial charge is 0.334 e. The van der Waals surface area contributed by atoms with Crippen LogP contribution in [0.25, 0.3) is 22.3 Å². The number of carboxylic acids is 1. The largest absolute Gasteiger partial charge is 0.479 e. The maximum absolute atomic E-state index is 11.8. The maximum Gasteiger partial charge on any atom is 0.334 e. The molecule has 6 aromatic rings. The third kappa shape index (κ3) is 12.2. The number of aliphatic hydroxyl groups is 2. The number of benzene rings is 2. The molecule has 2 aromatic carbocycles. The third-order valence-electron chi connectivity index (χ3n) is 16.5. The summed E-state index contributed by atoms with van der Waals surface area (Å²) in [6.07, 6.45) is 7.93. The van der Waals surface area contributed by atoms with Crippen LogP contribution in [-0.2, 0) is 14.3 Å². The van der Waals surface area contributed by atoms with Gasteiger partial charge in [-0.2, -0.15) is 10.2 Å². The Morgan fingerprint density at radius 2 is 1.09 bits per heavy atom. The van der Waals surface area contributed by atoms with Crippen molar-refractivity contribution in [3.05, 3.63) is 91.4 Å². The molecule has 10 rings (SSSR count). The van der Waals surface area contributed by atoms with E-state index in [0.29, 0.717) is 50.4 Å². The Hall–Kier alpha value is -4.92. The number of esters is 1. The first kappa shape index (κ1) is 56.8. The van der Waals surface area contributed by atoms with E-state index >= 15 is 0 Å². The number of likely N-dealkylation sites (tertiary alicyclic amines) is 2. The minimum absolute atomic E-state index is 0.106. The summed E-state index contributed by atoms with van der Waals surface area (Å²) in [5.41, 5.74) is 6.47. The molecule has 6 unspecified atom stereocenters. The number of carbonyl (C=O) groups excluding carboxylic acids is 1. The van der Waals surface area contributed by atoms with Crippen molar-refractivity contribution in [3.63, 3.8) is 0 Å². The quantitative estimate of drug-likeness (QED) is 0.0870. The van der Waals surface area contributed by atoms with Crippen molar-refractivity contribution in [2.75, 3.05) is 56.2 Å². The van der Waals surface area contributed by atoms with E-state index in [1.807, 2.05) is 73.7 Å². The number of hydrogen-bond acceptors (Lipinski definition) is 15. The lowest BCUT2D eigenvalue weighted by Crippen LogP contribution is -2.52. The van der Waals surface area contributed by atoms with Crippen LogP contribution in [-0.4, -0.2) is 159 Å². The number of aliphatic carboxylic acids is 1. The van der Waals surface area contributed by atoms with E-state index in [2.05, 4.69) is 33.4 Å². The van der Waals surface area contributed by atoms with Crippen molar-refractivity contribution in [1.29, 1.82) is 0 Å². The van der Waals surface area contributed by atoms with Gasteiger partial charge in [-0.25, -0.2) is 38.9 Å². The molecule has 414 valence electrons. The van der Waals surface area contributed by atoms with Gasteiger partial charge in [0.1, 0.15) is 22.7 Å². The summed E-state index contributed by atoms with van der Waals surface area (Å²) in [6, 6.07) is 11.7. The molecule has 0 bridgehead atoms. The van der Waals surface area contributed by atoms with Crippen molar-refractivity contribution < 1.29 is 29.6 Å². The van der Waals surface area contributed by atoms with Crippen molar-refractivity contribution in [3.8, 4) is 0 Å². The summed E-state index contributed by atoms with van der Waals surface area (Å²) < 4.78 is 8.51. The minimum atomic E-state index is -1.31. The third-order valence-corrected chi connectivity index (χ3v) is 17.6. The molecular weight excluding hydrogens is 1070 g/mol. The molecule has 0 saturated carbocycles. The minimum Gasteiger partial charge on any atom is -0.479 e. The highest BCUT2D eigenvalue weighted by Crippen LogP contribution is 2.37. The molecule has 10 atom stereocenters. The highest BCUT2D eigenvalue weighted by Gasteiger charge is 2.40. The fourth-order valence-electron chi connectivity index (χ4n) is 12.5.